The lowest BCUT2D eigenvalue weighted by Crippen LogP contribution is -2.56. The summed E-state index contributed by atoms with van der Waals surface area (Å²) >= 11 is 0. The molecular formula is C19H29NO3. The van der Waals surface area contributed by atoms with Crippen molar-refractivity contribution in [2.75, 3.05) is 12.0 Å². The number of anilines is 1. The highest BCUT2D eigenvalue weighted by Gasteiger charge is 2.43. The summed E-state index contributed by atoms with van der Waals surface area (Å²) in [5.74, 6) is 0.398. The molecule has 1 aromatic carbocycles. The molecule has 0 fully saturated rings. The van der Waals surface area contributed by atoms with E-state index in [1.807, 2.05) is 12.1 Å². The first-order chi connectivity index (χ1) is 10.8. The number of hydrogen-bond acceptors (Lipinski definition) is 3. The third-order valence-corrected chi connectivity index (χ3v) is 4.91. The molecule has 0 saturated heterocycles. The van der Waals surface area contributed by atoms with E-state index >= 15 is 0 Å². The van der Waals surface area contributed by atoms with Crippen LogP contribution in [0.15, 0.2) is 18.2 Å². The molecule has 0 saturated carbocycles. The second-order valence-electron chi connectivity index (χ2n) is 7.18. The molecule has 0 radical (unpaired) electrons. The maximum Gasteiger partial charge on any atom is 0.326 e. The van der Waals surface area contributed by atoms with Gasteiger partial charge < -0.3 is 14.7 Å². The van der Waals surface area contributed by atoms with Crippen molar-refractivity contribution >= 4 is 11.7 Å². The number of carboxylic acids is 1. The minimum atomic E-state index is -0.752. The van der Waals surface area contributed by atoms with Crippen molar-refractivity contribution in [1.29, 1.82) is 0 Å². The molecule has 1 heterocycles. The Labute approximate surface area is 139 Å². The number of para-hydroxylation sites is 1. The summed E-state index contributed by atoms with van der Waals surface area (Å²) < 4.78 is 5.58. The highest BCUT2D eigenvalue weighted by Crippen LogP contribution is 2.49. The van der Waals surface area contributed by atoms with E-state index in [9.17, 15) is 9.90 Å². The molecule has 0 amide bonds. The fraction of sp³-hybridized carbons (Fsp3) is 0.632. The smallest absolute Gasteiger partial charge is 0.326 e. The third kappa shape index (κ3) is 3.31. The fourth-order valence-corrected chi connectivity index (χ4v) is 3.96. The Hall–Kier alpha value is -1.71. The van der Waals surface area contributed by atoms with Crippen LogP contribution in [0.5, 0.6) is 5.75 Å². The lowest BCUT2D eigenvalue weighted by Gasteiger charge is -2.50. The van der Waals surface area contributed by atoms with Crippen LogP contribution in [0.2, 0.25) is 0 Å². The van der Waals surface area contributed by atoms with Gasteiger partial charge in [0.05, 0.1) is 12.8 Å². The van der Waals surface area contributed by atoms with Crippen molar-refractivity contribution in [2.24, 2.45) is 0 Å². The van der Waals surface area contributed by atoms with Crippen LogP contribution in [0.25, 0.3) is 0 Å². The van der Waals surface area contributed by atoms with Gasteiger partial charge in [-0.05, 0) is 44.2 Å². The number of fused-ring (bicyclic) bond motifs is 1. The molecule has 0 unspecified atom stereocenters. The molecular weight excluding hydrogens is 290 g/mol. The Balaban J connectivity index is 2.60. The summed E-state index contributed by atoms with van der Waals surface area (Å²) in [6.45, 7) is 8.58. The first-order valence-electron chi connectivity index (χ1n) is 8.52. The molecule has 1 aromatic rings. The summed E-state index contributed by atoms with van der Waals surface area (Å²) in [5, 5.41) is 9.86. The Morgan fingerprint density at radius 1 is 1.48 bits per heavy atom. The SMILES string of the molecule is CCCC[C@@H](C(=O)O)N1c2c(OC)cccc2[C@H](C)CC1(C)C. The van der Waals surface area contributed by atoms with Crippen LogP contribution in [0.4, 0.5) is 5.69 Å². The molecule has 23 heavy (non-hydrogen) atoms. The van der Waals surface area contributed by atoms with E-state index in [0.717, 1.165) is 30.7 Å². The molecule has 4 nitrogen and oxygen atoms in total. The number of rotatable bonds is 6. The van der Waals surface area contributed by atoms with E-state index in [2.05, 4.69) is 38.7 Å². The molecule has 2 rings (SSSR count). The van der Waals surface area contributed by atoms with Crippen LogP contribution in [0, 0.1) is 0 Å². The van der Waals surface area contributed by atoms with Gasteiger partial charge in [-0.15, -0.1) is 0 Å². The van der Waals surface area contributed by atoms with Crippen LogP contribution in [0.1, 0.15) is 64.9 Å². The minimum absolute atomic E-state index is 0.224. The molecule has 1 aliphatic heterocycles. The average Bonchev–Trinajstić information content (AvgIpc) is 2.48. The molecule has 4 heteroatoms. The summed E-state index contributed by atoms with van der Waals surface area (Å²) in [4.78, 5) is 14.1. The number of methoxy groups -OCH3 is 1. The third-order valence-electron chi connectivity index (χ3n) is 4.91. The topological polar surface area (TPSA) is 49.8 Å². The number of carbonyl (C=O) groups is 1. The van der Waals surface area contributed by atoms with E-state index < -0.39 is 12.0 Å². The van der Waals surface area contributed by atoms with Gasteiger partial charge in [0, 0.05) is 5.54 Å². The Bertz CT molecular complexity index is 568. The Morgan fingerprint density at radius 2 is 2.17 bits per heavy atom. The van der Waals surface area contributed by atoms with Gasteiger partial charge in [-0.3, -0.25) is 0 Å². The van der Waals surface area contributed by atoms with Crippen molar-refractivity contribution in [3.63, 3.8) is 0 Å². The number of unbranched alkanes of at least 4 members (excludes halogenated alkanes) is 1. The van der Waals surface area contributed by atoms with Crippen molar-refractivity contribution in [3.8, 4) is 5.75 Å². The van der Waals surface area contributed by atoms with Gasteiger partial charge in [0.1, 0.15) is 11.8 Å². The van der Waals surface area contributed by atoms with Gasteiger partial charge in [0.2, 0.25) is 0 Å². The monoisotopic (exact) mass is 319 g/mol. The second-order valence-corrected chi connectivity index (χ2v) is 7.18. The molecule has 0 bridgehead atoms. The van der Waals surface area contributed by atoms with E-state index in [1.54, 1.807) is 7.11 Å². The van der Waals surface area contributed by atoms with Crippen molar-refractivity contribution in [3.05, 3.63) is 23.8 Å². The van der Waals surface area contributed by atoms with Crippen LogP contribution in [-0.4, -0.2) is 29.8 Å². The van der Waals surface area contributed by atoms with Crippen LogP contribution < -0.4 is 9.64 Å². The maximum absolute atomic E-state index is 12.0. The number of hydrogen-bond donors (Lipinski definition) is 1. The Kier molecular flexibility index (Phi) is 5.23. The molecule has 0 aromatic heterocycles. The number of carboxylic acid groups (broad SMARTS) is 1. The van der Waals surface area contributed by atoms with E-state index in [4.69, 9.17) is 4.74 Å². The van der Waals surface area contributed by atoms with E-state index in [-0.39, 0.29) is 5.54 Å². The van der Waals surface area contributed by atoms with Crippen molar-refractivity contribution < 1.29 is 14.6 Å². The standard InChI is InChI=1S/C19H29NO3/c1-6-7-10-15(18(21)22)20-17-14(9-8-11-16(17)23-5)13(2)12-19(20,3)4/h8-9,11,13,15H,6-7,10,12H2,1-5H3,(H,21,22)/t13-,15+/m1/s1. The molecule has 1 aliphatic rings. The van der Waals surface area contributed by atoms with Crippen molar-refractivity contribution in [2.45, 2.75) is 70.9 Å². The first-order valence-corrected chi connectivity index (χ1v) is 8.52. The quantitative estimate of drug-likeness (QED) is 0.842. The van der Waals surface area contributed by atoms with Gasteiger partial charge in [0.15, 0.2) is 0 Å². The fourth-order valence-electron chi connectivity index (χ4n) is 3.96. The molecule has 2 atom stereocenters. The minimum Gasteiger partial charge on any atom is -0.495 e. The summed E-state index contributed by atoms with van der Waals surface area (Å²) in [6, 6.07) is 5.50. The van der Waals surface area contributed by atoms with E-state index in [0.29, 0.717) is 12.3 Å². The zero-order valence-electron chi connectivity index (χ0n) is 14.9. The predicted molar refractivity (Wildman–Crippen MR) is 93.5 cm³/mol. The number of benzene rings is 1. The summed E-state index contributed by atoms with van der Waals surface area (Å²) in [5.41, 5.74) is 1.92. The molecule has 128 valence electrons. The van der Waals surface area contributed by atoms with Crippen LogP contribution in [0.3, 0.4) is 0 Å². The van der Waals surface area contributed by atoms with Gasteiger partial charge in [0.25, 0.3) is 0 Å². The highest BCUT2D eigenvalue weighted by atomic mass is 16.5. The highest BCUT2D eigenvalue weighted by molar-refractivity contribution is 5.82. The maximum atomic E-state index is 12.0. The Morgan fingerprint density at radius 3 is 2.74 bits per heavy atom. The van der Waals surface area contributed by atoms with Crippen LogP contribution >= 0.6 is 0 Å². The molecule has 1 N–H and O–H groups in total. The normalized spacial score (nSPS) is 20.7. The molecule has 0 aliphatic carbocycles. The van der Waals surface area contributed by atoms with Gasteiger partial charge in [-0.25, -0.2) is 4.79 Å². The van der Waals surface area contributed by atoms with E-state index in [1.165, 1.54) is 5.56 Å². The predicted octanol–water partition coefficient (Wildman–Crippen LogP) is 4.43. The zero-order valence-corrected chi connectivity index (χ0v) is 14.9. The molecule has 0 spiro atoms. The number of aliphatic carboxylic acids is 1. The number of nitrogens with zero attached hydrogens (tertiary/aromatic N) is 1. The summed E-state index contributed by atoms with van der Waals surface area (Å²) in [7, 11) is 1.65. The number of ether oxygens (including phenoxy) is 1. The van der Waals surface area contributed by atoms with Gasteiger partial charge in [-0.2, -0.15) is 0 Å². The van der Waals surface area contributed by atoms with Gasteiger partial charge in [-0.1, -0.05) is 38.8 Å². The lowest BCUT2D eigenvalue weighted by molar-refractivity contribution is -0.139. The zero-order chi connectivity index (χ0) is 17.2. The van der Waals surface area contributed by atoms with Crippen molar-refractivity contribution in [1.82, 2.24) is 0 Å². The van der Waals surface area contributed by atoms with Gasteiger partial charge >= 0.3 is 5.97 Å². The largest absolute Gasteiger partial charge is 0.495 e. The second kappa shape index (κ2) is 6.81. The summed E-state index contributed by atoms with van der Waals surface area (Å²) in [6.07, 6.45) is 3.49. The first kappa shape index (κ1) is 17.6. The average molecular weight is 319 g/mol. The lowest BCUT2D eigenvalue weighted by atomic mass is 9.78. The van der Waals surface area contributed by atoms with Crippen LogP contribution in [-0.2, 0) is 4.79 Å².